The summed E-state index contributed by atoms with van der Waals surface area (Å²) in [6.45, 7) is -0.0933. The molecule has 0 saturated carbocycles. The number of carbonyl (C=O) groups is 1. The minimum absolute atomic E-state index is 0.138. The van der Waals surface area contributed by atoms with E-state index >= 15 is 0 Å². The third-order valence-corrected chi connectivity index (χ3v) is 4.50. The van der Waals surface area contributed by atoms with E-state index in [1.807, 2.05) is 23.9 Å². The van der Waals surface area contributed by atoms with Crippen LogP contribution < -0.4 is 0 Å². The molecule has 112 valence electrons. The van der Waals surface area contributed by atoms with Gasteiger partial charge in [0.2, 0.25) is 0 Å². The number of fused-ring (bicyclic) bond motifs is 1. The van der Waals surface area contributed by atoms with E-state index in [4.69, 9.17) is 0 Å². The van der Waals surface area contributed by atoms with Crippen molar-refractivity contribution in [3.05, 3.63) is 34.4 Å². The fourth-order valence-corrected chi connectivity index (χ4v) is 3.43. The number of carbonyl (C=O) groups excluding carboxylic acids is 1. The first-order valence-electron chi connectivity index (χ1n) is 6.79. The minimum atomic E-state index is -2.77. The van der Waals surface area contributed by atoms with Gasteiger partial charge >= 0.3 is 0 Å². The Morgan fingerprint density at radius 2 is 2.14 bits per heavy atom. The predicted molar refractivity (Wildman–Crippen MR) is 80.7 cm³/mol. The summed E-state index contributed by atoms with van der Waals surface area (Å²) in [7, 11) is 1.89. The largest absolute Gasteiger partial charge is 0.349 e. The van der Waals surface area contributed by atoms with E-state index in [0.29, 0.717) is 18.5 Å². The van der Waals surface area contributed by atoms with E-state index in [9.17, 15) is 13.6 Å². The Morgan fingerprint density at radius 3 is 2.86 bits per heavy atom. The van der Waals surface area contributed by atoms with Gasteiger partial charge in [0, 0.05) is 47.1 Å². The molecule has 1 fully saturated rings. The molecule has 3 nitrogen and oxygen atoms in total. The van der Waals surface area contributed by atoms with E-state index < -0.39 is 12.5 Å². The molecule has 1 aromatic carbocycles. The van der Waals surface area contributed by atoms with Gasteiger partial charge in [-0.25, -0.2) is 8.78 Å². The second-order valence-corrected chi connectivity index (χ2v) is 6.36. The highest BCUT2D eigenvalue weighted by Crippen LogP contribution is 2.29. The molecule has 0 unspecified atom stereocenters. The number of alkyl halides is 2. The molecular formula is C15H15BrF2N2O. The fourth-order valence-electron chi connectivity index (χ4n) is 2.79. The summed E-state index contributed by atoms with van der Waals surface area (Å²) in [6, 6.07) is 5.30. The lowest BCUT2D eigenvalue weighted by molar-refractivity contribution is -0.0560. The number of nitrogens with zero attached hydrogens (tertiary/aromatic N) is 2. The molecule has 0 bridgehead atoms. The van der Waals surface area contributed by atoms with Crippen molar-refractivity contribution in [1.29, 1.82) is 0 Å². The highest BCUT2D eigenvalue weighted by molar-refractivity contribution is 9.10. The van der Waals surface area contributed by atoms with Crippen molar-refractivity contribution < 1.29 is 13.6 Å². The van der Waals surface area contributed by atoms with E-state index in [2.05, 4.69) is 15.9 Å². The van der Waals surface area contributed by atoms with Gasteiger partial charge in [0.25, 0.3) is 11.8 Å². The van der Waals surface area contributed by atoms with Crippen molar-refractivity contribution in [2.75, 3.05) is 13.1 Å². The van der Waals surface area contributed by atoms with Crippen LogP contribution in [-0.2, 0) is 7.05 Å². The Labute approximate surface area is 129 Å². The third kappa shape index (κ3) is 2.69. The van der Waals surface area contributed by atoms with Crippen LogP contribution >= 0.6 is 15.9 Å². The summed E-state index contributed by atoms with van der Waals surface area (Å²) in [5.41, 5.74) is 1.35. The molecule has 0 N–H and O–H groups in total. The molecule has 0 spiro atoms. The minimum Gasteiger partial charge on any atom is -0.349 e. The lowest BCUT2D eigenvalue weighted by Crippen LogP contribution is -2.45. The zero-order valence-corrected chi connectivity index (χ0v) is 13.2. The highest BCUT2D eigenvalue weighted by Gasteiger charge is 2.37. The maximum absolute atomic E-state index is 13.4. The van der Waals surface area contributed by atoms with Crippen LogP contribution in [0.2, 0.25) is 0 Å². The predicted octanol–water partition coefficient (Wildman–Crippen LogP) is 3.81. The summed E-state index contributed by atoms with van der Waals surface area (Å²) in [5.74, 6) is -3.10. The number of aromatic nitrogens is 1. The quantitative estimate of drug-likeness (QED) is 0.762. The number of benzene rings is 1. The topological polar surface area (TPSA) is 25.2 Å². The Morgan fingerprint density at radius 1 is 1.38 bits per heavy atom. The molecule has 0 aliphatic carbocycles. The Kier molecular flexibility index (Phi) is 3.51. The third-order valence-electron chi connectivity index (χ3n) is 3.87. The van der Waals surface area contributed by atoms with Gasteiger partial charge in [-0.1, -0.05) is 6.07 Å². The van der Waals surface area contributed by atoms with E-state index in [1.54, 1.807) is 12.1 Å². The van der Waals surface area contributed by atoms with Gasteiger partial charge in [-0.05, 0) is 34.5 Å². The summed E-state index contributed by atoms with van der Waals surface area (Å²) in [4.78, 5) is 13.7. The maximum Gasteiger partial charge on any atom is 0.265 e. The first-order chi connectivity index (χ1) is 9.87. The molecule has 1 aliphatic heterocycles. The van der Waals surface area contributed by atoms with Crippen molar-refractivity contribution in [3.8, 4) is 0 Å². The monoisotopic (exact) mass is 356 g/mol. The molecule has 0 radical (unpaired) electrons. The Bertz CT molecular complexity index is 711. The van der Waals surface area contributed by atoms with E-state index in [0.717, 1.165) is 15.4 Å². The van der Waals surface area contributed by atoms with Crippen LogP contribution in [0.25, 0.3) is 10.9 Å². The summed E-state index contributed by atoms with van der Waals surface area (Å²) < 4.78 is 29.7. The van der Waals surface area contributed by atoms with Gasteiger partial charge in [0.15, 0.2) is 0 Å². The summed E-state index contributed by atoms with van der Waals surface area (Å²) >= 11 is 3.46. The van der Waals surface area contributed by atoms with Crippen LogP contribution in [0.3, 0.4) is 0 Å². The Balaban J connectivity index is 1.93. The first-order valence-corrected chi connectivity index (χ1v) is 7.58. The number of rotatable bonds is 1. The van der Waals surface area contributed by atoms with Crippen molar-refractivity contribution in [3.63, 3.8) is 0 Å². The first kappa shape index (κ1) is 14.5. The molecule has 1 saturated heterocycles. The average Bonchev–Trinajstić information content (AvgIpc) is 2.72. The van der Waals surface area contributed by atoms with Crippen LogP contribution in [0.15, 0.2) is 28.9 Å². The van der Waals surface area contributed by atoms with Crippen LogP contribution in [0.1, 0.15) is 23.2 Å². The number of hydrogen-bond acceptors (Lipinski definition) is 1. The second kappa shape index (κ2) is 5.09. The summed E-state index contributed by atoms with van der Waals surface area (Å²) in [5, 5.41) is 0.998. The van der Waals surface area contributed by atoms with Crippen molar-refractivity contribution in [2.45, 2.75) is 18.8 Å². The fraction of sp³-hybridized carbons (Fsp3) is 0.400. The second-order valence-electron chi connectivity index (χ2n) is 5.51. The standard InChI is InChI=1S/C15H15BrF2N2O/c1-19-8-12(16)11-4-3-10(7-13(11)19)14(21)20-6-2-5-15(17,18)9-20/h3-4,7-8H,2,5-6,9H2,1H3. The molecule has 1 aliphatic rings. The Hall–Kier alpha value is -1.43. The number of piperidine rings is 1. The highest BCUT2D eigenvalue weighted by atomic mass is 79.9. The van der Waals surface area contributed by atoms with Crippen LogP contribution in [0, 0.1) is 0 Å². The molecule has 0 atom stereocenters. The molecule has 21 heavy (non-hydrogen) atoms. The molecule has 3 rings (SSSR count). The maximum atomic E-state index is 13.4. The zero-order chi connectivity index (χ0) is 15.2. The van der Waals surface area contributed by atoms with Gasteiger partial charge in [-0.3, -0.25) is 4.79 Å². The van der Waals surface area contributed by atoms with Crippen molar-refractivity contribution in [2.24, 2.45) is 7.05 Å². The van der Waals surface area contributed by atoms with Gasteiger partial charge in [0.05, 0.1) is 6.54 Å². The van der Waals surface area contributed by atoms with Crippen molar-refractivity contribution >= 4 is 32.7 Å². The zero-order valence-electron chi connectivity index (χ0n) is 11.6. The van der Waals surface area contributed by atoms with Crippen molar-refractivity contribution in [1.82, 2.24) is 9.47 Å². The SMILES string of the molecule is Cn1cc(Br)c2ccc(C(=O)N3CCCC(F)(F)C3)cc21. The van der Waals surface area contributed by atoms with Gasteiger partial charge in [0.1, 0.15) is 0 Å². The molecule has 6 heteroatoms. The van der Waals surface area contributed by atoms with E-state index in [1.165, 1.54) is 4.90 Å². The number of halogens is 3. The lowest BCUT2D eigenvalue weighted by atomic mass is 10.1. The molecule has 1 amide bonds. The molecule has 2 heterocycles. The van der Waals surface area contributed by atoms with Crippen LogP contribution in [0.5, 0.6) is 0 Å². The summed E-state index contributed by atoms with van der Waals surface area (Å²) in [6.07, 6.45) is 2.12. The lowest BCUT2D eigenvalue weighted by Gasteiger charge is -2.32. The van der Waals surface area contributed by atoms with Crippen LogP contribution in [0.4, 0.5) is 8.78 Å². The van der Waals surface area contributed by atoms with Gasteiger partial charge < -0.3 is 9.47 Å². The molecule has 2 aromatic rings. The number of hydrogen-bond donors (Lipinski definition) is 0. The molecular weight excluding hydrogens is 342 g/mol. The van der Waals surface area contributed by atoms with E-state index in [-0.39, 0.29) is 12.3 Å². The molecule has 1 aromatic heterocycles. The average molecular weight is 357 g/mol. The normalized spacial score (nSPS) is 18.2. The smallest absolute Gasteiger partial charge is 0.265 e. The number of likely N-dealkylation sites (tertiary alicyclic amines) is 1. The van der Waals surface area contributed by atoms with Crippen LogP contribution in [-0.4, -0.2) is 34.4 Å². The van der Waals surface area contributed by atoms with Gasteiger partial charge in [-0.2, -0.15) is 0 Å². The number of amides is 1. The number of aryl methyl sites for hydroxylation is 1. The van der Waals surface area contributed by atoms with Gasteiger partial charge in [-0.15, -0.1) is 0 Å².